The van der Waals surface area contributed by atoms with Crippen molar-refractivity contribution in [1.29, 1.82) is 0 Å². The van der Waals surface area contributed by atoms with Crippen molar-refractivity contribution < 1.29 is 4.52 Å². The van der Waals surface area contributed by atoms with Gasteiger partial charge in [-0.15, -0.1) is 0 Å². The second-order valence-corrected chi connectivity index (χ2v) is 7.93. The lowest BCUT2D eigenvalue weighted by molar-refractivity contribution is 0.0845. The highest BCUT2D eigenvalue weighted by atomic mass is 16.5. The van der Waals surface area contributed by atoms with Gasteiger partial charge in [-0.2, -0.15) is 10.1 Å². The van der Waals surface area contributed by atoms with E-state index in [9.17, 15) is 0 Å². The van der Waals surface area contributed by atoms with Crippen LogP contribution >= 0.6 is 0 Å². The van der Waals surface area contributed by atoms with Crippen molar-refractivity contribution in [2.24, 2.45) is 0 Å². The molecule has 4 aromatic rings. The molecule has 5 rings (SSSR count). The van der Waals surface area contributed by atoms with Gasteiger partial charge in [-0.25, -0.2) is 4.68 Å². The monoisotopic (exact) mass is 414 g/mol. The molecule has 2 aromatic heterocycles. The molecule has 0 saturated carbocycles. The lowest BCUT2D eigenvalue weighted by Gasteiger charge is -2.36. The molecular formula is C24H26N6O. The summed E-state index contributed by atoms with van der Waals surface area (Å²) in [6.45, 7) is 7.06. The van der Waals surface area contributed by atoms with Crippen LogP contribution in [0.15, 0.2) is 77.6 Å². The molecule has 3 heterocycles. The van der Waals surface area contributed by atoms with Crippen LogP contribution in [-0.4, -0.2) is 55.9 Å². The van der Waals surface area contributed by atoms with E-state index in [0.717, 1.165) is 44.0 Å². The van der Waals surface area contributed by atoms with Crippen molar-refractivity contribution in [3.63, 3.8) is 0 Å². The molecule has 7 nitrogen and oxygen atoms in total. The molecule has 0 unspecified atom stereocenters. The second kappa shape index (κ2) is 8.83. The summed E-state index contributed by atoms with van der Waals surface area (Å²) in [7, 11) is 0. The van der Waals surface area contributed by atoms with E-state index < -0.39 is 0 Å². The molecular weight excluding hydrogens is 388 g/mol. The van der Waals surface area contributed by atoms with Crippen molar-refractivity contribution in [2.75, 3.05) is 26.2 Å². The van der Waals surface area contributed by atoms with Crippen molar-refractivity contribution in [3.8, 4) is 17.1 Å². The molecule has 158 valence electrons. The van der Waals surface area contributed by atoms with Gasteiger partial charge in [0.15, 0.2) is 0 Å². The second-order valence-electron chi connectivity index (χ2n) is 7.93. The van der Waals surface area contributed by atoms with Crippen LogP contribution in [0.25, 0.3) is 17.1 Å². The summed E-state index contributed by atoms with van der Waals surface area (Å²) in [5, 5.41) is 8.50. The predicted molar refractivity (Wildman–Crippen MR) is 119 cm³/mol. The Balaban J connectivity index is 1.18. The molecule has 2 aromatic carbocycles. The zero-order chi connectivity index (χ0) is 21.0. The molecule has 31 heavy (non-hydrogen) atoms. The third kappa shape index (κ3) is 4.42. The fourth-order valence-electron chi connectivity index (χ4n) is 4.05. The summed E-state index contributed by atoms with van der Waals surface area (Å²) >= 11 is 0. The van der Waals surface area contributed by atoms with E-state index in [-0.39, 0.29) is 6.04 Å². The lowest BCUT2D eigenvalue weighted by atomic mass is 10.1. The van der Waals surface area contributed by atoms with Crippen LogP contribution in [0, 0.1) is 0 Å². The third-order valence-corrected chi connectivity index (χ3v) is 5.87. The lowest BCUT2D eigenvalue weighted by Crippen LogP contribution is -2.46. The highest BCUT2D eigenvalue weighted by Crippen LogP contribution is 2.24. The van der Waals surface area contributed by atoms with Gasteiger partial charge in [0, 0.05) is 50.7 Å². The molecule has 7 heteroatoms. The molecule has 1 atom stereocenters. The van der Waals surface area contributed by atoms with Crippen LogP contribution in [0.1, 0.15) is 24.4 Å². The zero-order valence-electron chi connectivity index (χ0n) is 17.6. The van der Waals surface area contributed by atoms with Crippen molar-refractivity contribution in [1.82, 2.24) is 29.7 Å². The molecule has 1 fully saturated rings. The van der Waals surface area contributed by atoms with Crippen LogP contribution in [0.3, 0.4) is 0 Å². The predicted octanol–water partition coefficient (Wildman–Crippen LogP) is 3.80. The average Bonchev–Trinajstić information content (AvgIpc) is 3.53. The first-order valence-corrected chi connectivity index (χ1v) is 10.7. The Morgan fingerprint density at radius 1 is 0.968 bits per heavy atom. The third-order valence-electron chi connectivity index (χ3n) is 5.87. The maximum absolute atomic E-state index is 5.58. The summed E-state index contributed by atoms with van der Waals surface area (Å²) in [4.78, 5) is 9.55. The summed E-state index contributed by atoms with van der Waals surface area (Å²) < 4.78 is 7.48. The topological polar surface area (TPSA) is 63.2 Å². The van der Waals surface area contributed by atoms with Gasteiger partial charge in [-0.05, 0) is 30.7 Å². The first-order valence-electron chi connectivity index (χ1n) is 10.7. The fraction of sp³-hybridized carbons (Fsp3) is 0.292. The van der Waals surface area contributed by atoms with Crippen molar-refractivity contribution >= 4 is 0 Å². The molecule has 0 spiro atoms. The number of hydrogen-bond acceptors (Lipinski definition) is 6. The molecule has 0 aliphatic carbocycles. The SMILES string of the molecule is C[C@@H](c1nc(-c2ccccc2)no1)N1CCN(Cc2cccc(-n3cccn3)c2)CC1. The fourth-order valence-corrected chi connectivity index (χ4v) is 4.05. The Kier molecular flexibility index (Phi) is 5.60. The Labute approximate surface area is 181 Å². The van der Waals surface area contributed by atoms with Crippen LogP contribution < -0.4 is 0 Å². The van der Waals surface area contributed by atoms with Gasteiger partial charge < -0.3 is 4.52 Å². The molecule has 1 aliphatic heterocycles. The molecule has 0 amide bonds. The van der Waals surface area contributed by atoms with Crippen LogP contribution in [0.4, 0.5) is 0 Å². The van der Waals surface area contributed by atoms with Gasteiger partial charge >= 0.3 is 0 Å². The molecule has 0 radical (unpaired) electrons. The maximum Gasteiger partial charge on any atom is 0.244 e. The van der Waals surface area contributed by atoms with E-state index in [1.807, 2.05) is 47.3 Å². The van der Waals surface area contributed by atoms with Crippen LogP contribution in [-0.2, 0) is 6.54 Å². The minimum atomic E-state index is 0.107. The standard InChI is InChI=1S/C24H26N6O/c1-19(24-26-23(27-31-24)21-8-3-2-4-9-21)29-15-13-28(14-16-29)18-20-7-5-10-22(17-20)30-12-6-11-25-30/h2-12,17,19H,13-16,18H2,1H3/t19-/m0/s1. The molecule has 0 bridgehead atoms. The number of nitrogens with zero attached hydrogens (tertiary/aromatic N) is 6. The normalized spacial score (nSPS) is 16.4. The van der Waals surface area contributed by atoms with E-state index in [1.165, 1.54) is 5.56 Å². The summed E-state index contributed by atoms with van der Waals surface area (Å²) in [5.41, 5.74) is 3.38. The number of hydrogen-bond donors (Lipinski definition) is 0. The van der Waals surface area contributed by atoms with E-state index in [0.29, 0.717) is 11.7 Å². The summed E-state index contributed by atoms with van der Waals surface area (Å²) in [6.07, 6.45) is 3.78. The van der Waals surface area contributed by atoms with Gasteiger partial charge in [-0.1, -0.05) is 47.6 Å². The Morgan fingerprint density at radius 3 is 2.58 bits per heavy atom. The molecule has 1 aliphatic rings. The van der Waals surface area contributed by atoms with Crippen LogP contribution in [0.5, 0.6) is 0 Å². The van der Waals surface area contributed by atoms with E-state index >= 15 is 0 Å². The first kappa shape index (κ1) is 19.7. The zero-order valence-corrected chi connectivity index (χ0v) is 17.6. The van der Waals surface area contributed by atoms with Gasteiger partial charge in [0.05, 0.1) is 11.7 Å². The Hall–Kier alpha value is -3.29. The van der Waals surface area contributed by atoms with Crippen molar-refractivity contribution in [3.05, 3.63) is 84.5 Å². The number of rotatable bonds is 6. The molecule has 1 saturated heterocycles. The summed E-state index contributed by atoms with van der Waals surface area (Å²) in [5.74, 6) is 1.33. The number of aromatic nitrogens is 4. The first-order chi connectivity index (χ1) is 15.3. The highest BCUT2D eigenvalue weighted by Gasteiger charge is 2.26. The van der Waals surface area contributed by atoms with Crippen molar-refractivity contribution in [2.45, 2.75) is 19.5 Å². The Bertz CT molecular complexity index is 1100. The largest absolute Gasteiger partial charge is 0.337 e. The van der Waals surface area contributed by atoms with Gasteiger partial charge in [0.1, 0.15) is 0 Å². The maximum atomic E-state index is 5.58. The minimum absolute atomic E-state index is 0.107. The van der Waals surface area contributed by atoms with E-state index in [1.54, 1.807) is 6.20 Å². The smallest absolute Gasteiger partial charge is 0.244 e. The minimum Gasteiger partial charge on any atom is -0.337 e. The summed E-state index contributed by atoms with van der Waals surface area (Å²) in [6, 6.07) is 20.6. The van der Waals surface area contributed by atoms with Gasteiger partial charge in [-0.3, -0.25) is 9.80 Å². The highest BCUT2D eigenvalue weighted by molar-refractivity contribution is 5.53. The molecule has 0 N–H and O–H groups in total. The van der Waals surface area contributed by atoms with E-state index in [2.05, 4.69) is 56.2 Å². The number of piperazine rings is 1. The van der Waals surface area contributed by atoms with E-state index in [4.69, 9.17) is 4.52 Å². The van der Waals surface area contributed by atoms with Gasteiger partial charge in [0.25, 0.3) is 0 Å². The average molecular weight is 415 g/mol. The number of benzene rings is 2. The Morgan fingerprint density at radius 2 is 1.81 bits per heavy atom. The van der Waals surface area contributed by atoms with Gasteiger partial charge in [0.2, 0.25) is 11.7 Å². The quantitative estimate of drug-likeness (QED) is 0.478. The van der Waals surface area contributed by atoms with Crippen LogP contribution in [0.2, 0.25) is 0 Å².